The van der Waals surface area contributed by atoms with E-state index in [1.165, 1.54) is 6.92 Å². The summed E-state index contributed by atoms with van der Waals surface area (Å²) in [5.41, 5.74) is 0. The van der Waals surface area contributed by atoms with Gasteiger partial charge >= 0.3 is 12.1 Å². The van der Waals surface area contributed by atoms with Crippen LogP contribution in [-0.2, 0) is 19.0 Å². The molecule has 1 saturated carbocycles. The number of ether oxygens (including phenoxy) is 3. The molecule has 0 bridgehead atoms. The van der Waals surface area contributed by atoms with Crippen molar-refractivity contribution in [1.29, 1.82) is 0 Å². The van der Waals surface area contributed by atoms with E-state index in [4.69, 9.17) is 14.2 Å². The molecule has 0 N–H and O–H groups in total. The lowest BCUT2D eigenvalue weighted by molar-refractivity contribution is -0.176. The topological polar surface area (TPSA) is 61.8 Å². The molecular formula is C11H18O5. The molecule has 0 aliphatic heterocycles. The zero-order valence-electron chi connectivity index (χ0n) is 9.89. The Bertz CT molecular complexity index is 257. The van der Waals surface area contributed by atoms with Crippen LogP contribution in [0.3, 0.4) is 0 Å². The van der Waals surface area contributed by atoms with Gasteiger partial charge in [-0.05, 0) is 18.8 Å². The van der Waals surface area contributed by atoms with E-state index in [1.807, 2.05) is 0 Å². The van der Waals surface area contributed by atoms with Gasteiger partial charge in [0.2, 0.25) is 0 Å². The summed E-state index contributed by atoms with van der Waals surface area (Å²) in [6, 6.07) is 0. The van der Waals surface area contributed by atoms with Gasteiger partial charge < -0.3 is 14.2 Å². The fraction of sp³-hybridized carbons (Fsp3) is 0.818. The van der Waals surface area contributed by atoms with Gasteiger partial charge in [-0.15, -0.1) is 0 Å². The minimum atomic E-state index is -0.871. The van der Waals surface area contributed by atoms with Crippen molar-refractivity contribution in [2.75, 3.05) is 6.61 Å². The second-order valence-corrected chi connectivity index (χ2v) is 4.34. The Morgan fingerprint density at radius 2 is 1.88 bits per heavy atom. The Labute approximate surface area is 95.0 Å². The Hall–Kier alpha value is -1.26. The molecular weight excluding hydrogens is 212 g/mol. The van der Waals surface area contributed by atoms with Crippen molar-refractivity contribution in [3.05, 3.63) is 0 Å². The third kappa shape index (κ3) is 5.00. The highest BCUT2D eigenvalue weighted by molar-refractivity contribution is 5.66. The molecule has 1 atom stereocenters. The summed E-state index contributed by atoms with van der Waals surface area (Å²) in [5, 5.41) is 0. The van der Waals surface area contributed by atoms with Gasteiger partial charge in [0.25, 0.3) is 6.29 Å². The van der Waals surface area contributed by atoms with Crippen LogP contribution in [0.5, 0.6) is 0 Å². The van der Waals surface area contributed by atoms with Gasteiger partial charge in [-0.1, -0.05) is 13.8 Å². The quantitative estimate of drug-likeness (QED) is 0.534. The van der Waals surface area contributed by atoms with Crippen molar-refractivity contribution >= 4 is 12.1 Å². The van der Waals surface area contributed by atoms with E-state index >= 15 is 0 Å². The molecule has 5 heteroatoms. The van der Waals surface area contributed by atoms with Crippen LogP contribution in [0.15, 0.2) is 0 Å². The zero-order valence-corrected chi connectivity index (χ0v) is 9.89. The number of rotatable bonds is 5. The lowest BCUT2D eigenvalue weighted by Gasteiger charge is -2.20. The molecule has 0 radical (unpaired) electrons. The average Bonchev–Trinajstić information content (AvgIpc) is 2.96. The van der Waals surface area contributed by atoms with Crippen molar-refractivity contribution in [2.45, 2.75) is 39.9 Å². The molecule has 0 aromatic heterocycles. The summed E-state index contributed by atoms with van der Waals surface area (Å²) in [4.78, 5) is 22.0. The predicted octanol–water partition coefficient (Wildman–Crippen LogP) is 2.09. The fourth-order valence-corrected chi connectivity index (χ4v) is 1.06. The minimum Gasteiger partial charge on any atom is -0.434 e. The van der Waals surface area contributed by atoms with Crippen molar-refractivity contribution < 1.29 is 23.8 Å². The second-order valence-electron chi connectivity index (χ2n) is 4.34. The lowest BCUT2D eigenvalue weighted by atomic mass is 10.2. The van der Waals surface area contributed by atoms with E-state index in [1.54, 1.807) is 13.8 Å². The Morgan fingerprint density at radius 3 is 2.31 bits per heavy atom. The summed E-state index contributed by atoms with van der Waals surface area (Å²) in [6.07, 6.45) is 0.561. The highest BCUT2D eigenvalue weighted by Gasteiger charge is 2.26. The Balaban J connectivity index is 2.27. The lowest BCUT2D eigenvalue weighted by Crippen LogP contribution is -2.29. The molecule has 0 spiro atoms. The Kier molecular flexibility index (Phi) is 4.58. The van der Waals surface area contributed by atoms with E-state index in [2.05, 4.69) is 0 Å². The summed E-state index contributed by atoms with van der Waals surface area (Å²) in [5.74, 6) is -0.0927. The molecule has 0 saturated heterocycles. The first-order valence-electron chi connectivity index (χ1n) is 5.49. The molecule has 5 nitrogen and oxygen atoms in total. The summed E-state index contributed by atoms with van der Waals surface area (Å²) in [7, 11) is 0. The van der Waals surface area contributed by atoms with Crippen molar-refractivity contribution in [1.82, 2.24) is 0 Å². The summed E-state index contributed by atoms with van der Waals surface area (Å²) < 4.78 is 14.6. The van der Waals surface area contributed by atoms with Crippen LogP contribution < -0.4 is 0 Å². The average molecular weight is 230 g/mol. The van der Waals surface area contributed by atoms with E-state index in [0.717, 1.165) is 12.8 Å². The van der Waals surface area contributed by atoms with Gasteiger partial charge in [0.15, 0.2) is 0 Å². The maximum atomic E-state index is 11.2. The number of carbonyl (C=O) groups is 2. The fourth-order valence-electron chi connectivity index (χ4n) is 1.06. The largest absolute Gasteiger partial charge is 0.511 e. The third-order valence-corrected chi connectivity index (χ3v) is 2.17. The van der Waals surface area contributed by atoms with Gasteiger partial charge in [0.05, 0.1) is 6.61 Å². The maximum absolute atomic E-state index is 11.2. The summed E-state index contributed by atoms with van der Waals surface area (Å²) >= 11 is 0. The number of hydrogen-bond acceptors (Lipinski definition) is 5. The molecule has 1 aliphatic carbocycles. The normalized spacial score (nSPS) is 16.8. The number of esters is 1. The SMILES string of the molecule is CC(=O)OC(OC(=O)OCC1CC1)C(C)C. The molecule has 16 heavy (non-hydrogen) atoms. The molecule has 1 unspecified atom stereocenters. The molecule has 1 fully saturated rings. The Morgan fingerprint density at radius 1 is 1.25 bits per heavy atom. The first-order valence-corrected chi connectivity index (χ1v) is 5.49. The van der Waals surface area contributed by atoms with Crippen molar-refractivity contribution in [3.8, 4) is 0 Å². The highest BCUT2D eigenvalue weighted by atomic mass is 16.8. The molecule has 92 valence electrons. The first-order chi connectivity index (χ1) is 7.49. The molecule has 0 aromatic rings. The second kappa shape index (κ2) is 5.72. The van der Waals surface area contributed by atoms with E-state index in [0.29, 0.717) is 12.5 Å². The summed E-state index contributed by atoms with van der Waals surface area (Å²) in [6.45, 7) is 5.25. The third-order valence-electron chi connectivity index (χ3n) is 2.17. The molecule has 1 rings (SSSR count). The van der Waals surface area contributed by atoms with Crippen molar-refractivity contribution in [3.63, 3.8) is 0 Å². The number of hydrogen-bond donors (Lipinski definition) is 0. The van der Waals surface area contributed by atoms with E-state index < -0.39 is 18.4 Å². The van der Waals surface area contributed by atoms with Gasteiger partial charge in [-0.3, -0.25) is 4.79 Å². The first kappa shape index (κ1) is 12.8. The van der Waals surface area contributed by atoms with Crippen LogP contribution in [0.25, 0.3) is 0 Å². The van der Waals surface area contributed by atoms with Crippen LogP contribution in [0.4, 0.5) is 4.79 Å². The van der Waals surface area contributed by atoms with Crippen LogP contribution in [0, 0.1) is 11.8 Å². The highest BCUT2D eigenvalue weighted by Crippen LogP contribution is 2.29. The monoisotopic (exact) mass is 230 g/mol. The molecule has 0 amide bonds. The predicted molar refractivity (Wildman–Crippen MR) is 55.5 cm³/mol. The minimum absolute atomic E-state index is 0.0997. The van der Waals surface area contributed by atoms with Gasteiger partial charge in [-0.2, -0.15) is 0 Å². The van der Waals surface area contributed by atoms with Crippen LogP contribution >= 0.6 is 0 Å². The zero-order chi connectivity index (χ0) is 12.1. The smallest absolute Gasteiger partial charge is 0.434 e. The maximum Gasteiger partial charge on any atom is 0.511 e. The van der Waals surface area contributed by atoms with Crippen LogP contribution in [0.1, 0.15) is 33.6 Å². The van der Waals surface area contributed by atoms with Crippen LogP contribution in [0.2, 0.25) is 0 Å². The number of carbonyl (C=O) groups excluding carboxylic acids is 2. The van der Waals surface area contributed by atoms with Gasteiger partial charge in [0, 0.05) is 12.8 Å². The van der Waals surface area contributed by atoms with E-state index in [9.17, 15) is 9.59 Å². The van der Waals surface area contributed by atoms with Crippen molar-refractivity contribution in [2.24, 2.45) is 11.8 Å². The molecule has 1 aliphatic rings. The van der Waals surface area contributed by atoms with Gasteiger partial charge in [0.1, 0.15) is 0 Å². The van der Waals surface area contributed by atoms with Crippen LogP contribution in [-0.4, -0.2) is 25.0 Å². The van der Waals surface area contributed by atoms with Gasteiger partial charge in [-0.25, -0.2) is 4.79 Å². The van der Waals surface area contributed by atoms with E-state index in [-0.39, 0.29) is 5.92 Å². The molecule has 0 aromatic carbocycles. The molecule has 0 heterocycles. The standard InChI is InChI=1S/C11H18O5/c1-7(2)10(15-8(3)12)16-11(13)14-6-9-4-5-9/h7,9-10H,4-6H2,1-3H3.